The first-order valence-electron chi connectivity index (χ1n) is 7.24. The molecule has 0 atom stereocenters. The molecule has 1 amide bonds. The number of aliphatic imine (C=N–C) groups is 1. The normalized spacial score (nSPS) is 11.7. The van der Waals surface area contributed by atoms with E-state index >= 15 is 0 Å². The molecule has 5 nitrogen and oxygen atoms in total. The Bertz CT molecular complexity index is 533. The Morgan fingerprint density at radius 3 is 2.52 bits per heavy atom. The minimum absolute atomic E-state index is 0. The van der Waals surface area contributed by atoms with Crippen LogP contribution in [0.5, 0.6) is 0 Å². The third-order valence-electron chi connectivity index (χ3n) is 3.24. The SMILES string of the molecule is CCNC(=O)C(C)(C)CNC(=NC)N(C)Cc1ccc(Cl)s1.I. The third kappa shape index (κ3) is 7.26. The fourth-order valence-corrected chi connectivity index (χ4v) is 3.05. The van der Waals surface area contributed by atoms with E-state index in [-0.39, 0.29) is 29.9 Å². The molecule has 0 aromatic carbocycles. The summed E-state index contributed by atoms with van der Waals surface area (Å²) >= 11 is 7.51. The number of carbonyl (C=O) groups excluding carboxylic acids is 1. The lowest BCUT2D eigenvalue weighted by Crippen LogP contribution is -2.48. The van der Waals surface area contributed by atoms with E-state index in [4.69, 9.17) is 11.6 Å². The summed E-state index contributed by atoms with van der Waals surface area (Å²) in [6, 6.07) is 3.90. The Balaban J connectivity index is 0.00000484. The first kappa shape index (κ1) is 22.5. The Morgan fingerprint density at radius 2 is 2.04 bits per heavy atom. The van der Waals surface area contributed by atoms with Gasteiger partial charge in [0.05, 0.1) is 16.3 Å². The van der Waals surface area contributed by atoms with Crippen molar-refractivity contribution >= 4 is 58.8 Å². The monoisotopic (exact) mass is 472 g/mol. The van der Waals surface area contributed by atoms with Crippen LogP contribution in [0.25, 0.3) is 0 Å². The van der Waals surface area contributed by atoms with Crippen LogP contribution in [0.4, 0.5) is 0 Å². The van der Waals surface area contributed by atoms with Crippen molar-refractivity contribution in [2.75, 3.05) is 27.2 Å². The van der Waals surface area contributed by atoms with Crippen molar-refractivity contribution in [3.05, 3.63) is 21.3 Å². The van der Waals surface area contributed by atoms with E-state index in [0.29, 0.717) is 13.1 Å². The molecule has 0 fully saturated rings. The number of thiophene rings is 1. The Morgan fingerprint density at radius 1 is 1.39 bits per heavy atom. The van der Waals surface area contributed by atoms with Gasteiger partial charge in [-0.25, -0.2) is 0 Å². The van der Waals surface area contributed by atoms with Crippen molar-refractivity contribution in [3.63, 3.8) is 0 Å². The van der Waals surface area contributed by atoms with Crippen LogP contribution in [-0.2, 0) is 11.3 Å². The largest absolute Gasteiger partial charge is 0.356 e. The first-order chi connectivity index (χ1) is 10.3. The zero-order chi connectivity index (χ0) is 16.8. The van der Waals surface area contributed by atoms with Gasteiger partial charge in [0, 0.05) is 32.1 Å². The summed E-state index contributed by atoms with van der Waals surface area (Å²) in [7, 11) is 3.70. The third-order valence-corrected chi connectivity index (χ3v) is 4.45. The molecule has 0 unspecified atom stereocenters. The van der Waals surface area contributed by atoms with Gasteiger partial charge < -0.3 is 15.5 Å². The molecule has 1 aromatic heterocycles. The lowest BCUT2D eigenvalue weighted by Gasteiger charge is -2.27. The maximum Gasteiger partial charge on any atom is 0.227 e. The second kappa shape index (κ2) is 10.4. The smallest absolute Gasteiger partial charge is 0.227 e. The fraction of sp³-hybridized carbons (Fsp3) is 0.600. The van der Waals surface area contributed by atoms with E-state index in [2.05, 4.69) is 15.6 Å². The highest BCUT2D eigenvalue weighted by Gasteiger charge is 2.27. The molecule has 2 N–H and O–H groups in total. The van der Waals surface area contributed by atoms with Crippen LogP contribution < -0.4 is 10.6 Å². The van der Waals surface area contributed by atoms with Crippen molar-refractivity contribution < 1.29 is 4.79 Å². The molecule has 1 rings (SSSR count). The minimum atomic E-state index is -0.501. The number of nitrogens with one attached hydrogen (secondary N) is 2. The molecule has 0 aliphatic heterocycles. The van der Waals surface area contributed by atoms with Gasteiger partial charge in [-0.2, -0.15) is 0 Å². The molecule has 1 heterocycles. The molecule has 0 saturated carbocycles. The van der Waals surface area contributed by atoms with E-state index in [9.17, 15) is 4.79 Å². The van der Waals surface area contributed by atoms with Crippen LogP contribution in [0, 0.1) is 5.41 Å². The lowest BCUT2D eigenvalue weighted by atomic mass is 9.92. The maximum absolute atomic E-state index is 12.0. The summed E-state index contributed by atoms with van der Waals surface area (Å²) in [5.74, 6) is 0.785. The summed E-state index contributed by atoms with van der Waals surface area (Å²) in [5, 5.41) is 6.12. The second-order valence-electron chi connectivity index (χ2n) is 5.71. The van der Waals surface area contributed by atoms with Crippen molar-refractivity contribution in [1.29, 1.82) is 0 Å². The Labute approximate surface area is 164 Å². The van der Waals surface area contributed by atoms with Gasteiger partial charge in [0.25, 0.3) is 0 Å². The Hall–Kier alpha value is -0.540. The van der Waals surface area contributed by atoms with Gasteiger partial charge >= 0.3 is 0 Å². The van der Waals surface area contributed by atoms with E-state index in [0.717, 1.165) is 16.8 Å². The van der Waals surface area contributed by atoms with Gasteiger partial charge in [0.15, 0.2) is 5.96 Å². The number of rotatable bonds is 6. The van der Waals surface area contributed by atoms with Gasteiger partial charge in [-0.05, 0) is 32.9 Å². The fourth-order valence-electron chi connectivity index (χ4n) is 1.91. The van der Waals surface area contributed by atoms with Crippen molar-refractivity contribution in [3.8, 4) is 0 Å². The van der Waals surface area contributed by atoms with Crippen LogP contribution in [0.3, 0.4) is 0 Å². The molecular weight excluding hydrogens is 447 g/mol. The molecule has 0 spiro atoms. The van der Waals surface area contributed by atoms with Crippen molar-refractivity contribution in [2.45, 2.75) is 27.3 Å². The van der Waals surface area contributed by atoms with E-state index in [1.807, 2.05) is 44.9 Å². The zero-order valence-corrected chi connectivity index (χ0v) is 18.2. The van der Waals surface area contributed by atoms with Crippen LogP contribution in [-0.4, -0.2) is 44.0 Å². The van der Waals surface area contributed by atoms with Gasteiger partial charge in [0.2, 0.25) is 5.91 Å². The van der Waals surface area contributed by atoms with Crippen LogP contribution in [0.2, 0.25) is 4.34 Å². The molecular formula is C15H26ClIN4OS. The summed E-state index contributed by atoms with van der Waals surface area (Å²) in [6.07, 6.45) is 0. The average molecular weight is 473 g/mol. The van der Waals surface area contributed by atoms with Gasteiger partial charge in [0.1, 0.15) is 0 Å². The second-order valence-corrected chi connectivity index (χ2v) is 7.51. The molecule has 0 aliphatic rings. The summed E-state index contributed by atoms with van der Waals surface area (Å²) in [4.78, 5) is 19.5. The highest BCUT2D eigenvalue weighted by Crippen LogP contribution is 2.22. The first-order valence-corrected chi connectivity index (χ1v) is 8.44. The zero-order valence-electron chi connectivity index (χ0n) is 14.3. The number of amides is 1. The lowest BCUT2D eigenvalue weighted by molar-refractivity contribution is -0.128. The molecule has 0 saturated heterocycles. The van der Waals surface area contributed by atoms with Crippen LogP contribution in [0.1, 0.15) is 25.6 Å². The topological polar surface area (TPSA) is 56.7 Å². The molecule has 0 aliphatic carbocycles. The highest BCUT2D eigenvalue weighted by molar-refractivity contribution is 14.0. The molecule has 0 radical (unpaired) electrons. The van der Waals surface area contributed by atoms with Crippen LogP contribution >= 0.6 is 46.9 Å². The highest BCUT2D eigenvalue weighted by atomic mass is 127. The molecule has 23 heavy (non-hydrogen) atoms. The number of hydrogen-bond acceptors (Lipinski definition) is 3. The molecule has 0 bridgehead atoms. The summed E-state index contributed by atoms with van der Waals surface area (Å²) < 4.78 is 0.781. The van der Waals surface area contributed by atoms with E-state index in [1.54, 1.807) is 18.4 Å². The molecule has 1 aromatic rings. The standard InChI is InChI=1S/C15H25ClN4OS.HI/c1-6-18-13(21)15(2,3)10-19-14(17-4)20(5)9-11-7-8-12(16)22-11;/h7-8H,6,9-10H2,1-5H3,(H,17,19)(H,18,21);1H. The Kier molecular flexibility index (Phi) is 10.1. The van der Waals surface area contributed by atoms with Gasteiger partial charge in [-0.1, -0.05) is 11.6 Å². The summed E-state index contributed by atoms with van der Waals surface area (Å²) in [5.41, 5.74) is -0.501. The predicted molar refractivity (Wildman–Crippen MR) is 110 cm³/mol. The van der Waals surface area contributed by atoms with Crippen LogP contribution in [0.15, 0.2) is 17.1 Å². The summed E-state index contributed by atoms with van der Waals surface area (Å²) in [6.45, 7) is 7.62. The molecule has 132 valence electrons. The number of carbonyl (C=O) groups is 1. The van der Waals surface area contributed by atoms with Gasteiger partial charge in [-0.3, -0.25) is 9.79 Å². The predicted octanol–water partition coefficient (Wildman–Crippen LogP) is 3.19. The average Bonchev–Trinajstić information content (AvgIpc) is 2.84. The maximum atomic E-state index is 12.0. The quantitative estimate of drug-likeness (QED) is 0.380. The van der Waals surface area contributed by atoms with Gasteiger partial charge in [-0.15, -0.1) is 35.3 Å². The number of nitrogens with zero attached hydrogens (tertiary/aromatic N) is 2. The molecule has 8 heteroatoms. The van der Waals surface area contributed by atoms with Crippen molar-refractivity contribution in [2.24, 2.45) is 10.4 Å². The number of guanidine groups is 1. The number of hydrogen-bond donors (Lipinski definition) is 2. The van der Waals surface area contributed by atoms with Crippen molar-refractivity contribution in [1.82, 2.24) is 15.5 Å². The number of halogens is 2. The van der Waals surface area contributed by atoms with E-state index in [1.165, 1.54) is 4.88 Å². The minimum Gasteiger partial charge on any atom is -0.356 e. The van der Waals surface area contributed by atoms with E-state index < -0.39 is 5.41 Å².